The Morgan fingerprint density at radius 3 is 2.64 bits per heavy atom. The van der Waals surface area contributed by atoms with E-state index in [0.29, 0.717) is 18.3 Å². The first-order valence-corrected chi connectivity index (χ1v) is 10.2. The van der Waals surface area contributed by atoms with Crippen molar-refractivity contribution in [3.05, 3.63) is 65.5 Å². The van der Waals surface area contributed by atoms with Crippen LogP contribution in [0.5, 0.6) is 5.75 Å². The average molecular weight is 397 g/mol. The molecule has 3 rings (SSSR count). The molecule has 0 radical (unpaired) electrons. The second-order valence-electron chi connectivity index (χ2n) is 6.33. The monoisotopic (exact) mass is 396 g/mol. The van der Waals surface area contributed by atoms with E-state index in [1.807, 2.05) is 73.9 Å². The summed E-state index contributed by atoms with van der Waals surface area (Å²) in [6.07, 6.45) is 0. The average Bonchev–Trinajstić information content (AvgIpc) is 3.11. The zero-order valence-electron chi connectivity index (χ0n) is 16.3. The maximum absolute atomic E-state index is 12.4. The summed E-state index contributed by atoms with van der Waals surface area (Å²) in [6.45, 7) is 7.10. The van der Waals surface area contributed by atoms with E-state index in [1.165, 1.54) is 11.8 Å². The number of carbonyl (C=O) groups excluding carboxylic acids is 1. The Morgan fingerprint density at radius 2 is 1.89 bits per heavy atom. The molecule has 2 aromatic carbocycles. The highest BCUT2D eigenvalue weighted by atomic mass is 32.2. The SMILES string of the molecule is CCn1c(COc2ccccc2)nnc1SCC(=O)Nc1cccc(C)c1C. The fraction of sp³-hybridized carbons (Fsp3) is 0.286. The molecule has 0 saturated carbocycles. The zero-order valence-corrected chi connectivity index (χ0v) is 17.1. The smallest absolute Gasteiger partial charge is 0.234 e. The van der Waals surface area contributed by atoms with Crippen LogP contribution in [-0.2, 0) is 17.9 Å². The van der Waals surface area contributed by atoms with Gasteiger partial charge in [-0.1, -0.05) is 42.1 Å². The van der Waals surface area contributed by atoms with Gasteiger partial charge in [-0.2, -0.15) is 0 Å². The topological polar surface area (TPSA) is 69.0 Å². The van der Waals surface area contributed by atoms with Crippen LogP contribution in [0, 0.1) is 13.8 Å². The summed E-state index contributed by atoms with van der Waals surface area (Å²) < 4.78 is 7.74. The molecule has 1 N–H and O–H groups in total. The Labute approximate surface area is 169 Å². The molecule has 7 heteroatoms. The summed E-state index contributed by atoms with van der Waals surface area (Å²) in [5.74, 6) is 1.73. The fourth-order valence-corrected chi connectivity index (χ4v) is 3.54. The van der Waals surface area contributed by atoms with Gasteiger partial charge in [0.25, 0.3) is 0 Å². The van der Waals surface area contributed by atoms with Crippen LogP contribution < -0.4 is 10.1 Å². The number of aryl methyl sites for hydroxylation is 1. The Bertz CT molecular complexity index is 941. The molecule has 0 unspecified atom stereocenters. The molecule has 1 heterocycles. The van der Waals surface area contributed by atoms with E-state index >= 15 is 0 Å². The number of carbonyl (C=O) groups is 1. The second kappa shape index (κ2) is 9.41. The molecular weight excluding hydrogens is 372 g/mol. The molecule has 6 nitrogen and oxygen atoms in total. The molecule has 0 aliphatic rings. The largest absolute Gasteiger partial charge is 0.486 e. The lowest BCUT2D eigenvalue weighted by atomic mass is 10.1. The number of benzene rings is 2. The van der Waals surface area contributed by atoms with Gasteiger partial charge in [0.05, 0.1) is 5.75 Å². The highest BCUT2D eigenvalue weighted by molar-refractivity contribution is 7.99. The van der Waals surface area contributed by atoms with E-state index in [-0.39, 0.29) is 11.7 Å². The van der Waals surface area contributed by atoms with Gasteiger partial charge in [0.1, 0.15) is 12.4 Å². The third-order valence-electron chi connectivity index (χ3n) is 4.43. The zero-order chi connectivity index (χ0) is 19.9. The van der Waals surface area contributed by atoms with Gasteiger partial charge in [0.2, 0.25) is 5.91 Å². The van der Waals surface area contributed by atoms with Crippen molar-refractivity contribution in [3.63, 3.8) is 0 Å². The molecule has 0 spiro atoms. The number of thioether (sulfide) groups is 1. The summed E-state index contributed by atoms with van der Waals surface area (Å²) in [4.78, 5) is 12.4. The molecule has 0 saturated heterocycles. The van der Waals surface area contributed by atoms with Crippen molar-refractivity contribution in [2.75, 3.05) is 11.1 Å². The number of anilines is 1. The quantitative estimate of drug-likeness (QED) is 0.577. The van der Waals surface area contributed by atoms with Gasteiger partial charge in [0, 0.05) is 12.2 Å². The van der Waals surface area contributed by atoms with Crippen LogP contribution >= 0.6 is 11.8 Å². The predicted molar refractivity (Wildman–Crippen MR) is 112 cm³/mol. The summed E-state index contributed by atoms with van der Waals surface area (Å²) in [5.41, 5.74) is 3.08. The fourth-order valence-electron chi connectivity index (χ4n) is 2.72. The molecule has 0 bridgehead atoms. The number of amides is 1. The Morgan fingerprint density at radius 1 is 1.11 bits per heavy atom. The Kier molecular flexibility index (Phi) is 6.71. The predicted octanol–water partition coefficient (Wildman–Crippen LogP) is 4.22. The van der Waals surface area contributed by atoms with Gasteiger partial charge in [-0.3, -0.25) is 4.79 Å². The van der Waals surface area contributed by atoms with Gasteiger partial charge in [-0.05, 0) is 50.1 Å². The maximum atomic E-state index is 12.4. The number of nitrogens with zero attached hydrogens (tertiary/aromatic N) is 3. The van der Waals surface area contributed by atoms with E-state index in [4.69, 9.17) is 4.74 Å². The molecular formula is C21H24N4O2S. The molecule has 0 aliphatic heterocycles. The van der Waals surface area contributed by atoms with Crippen LogP contribution in [0.4, 0.5) is 5.69 Å². The van der Waals surface area contributed by atoms with E-state index in [1.54, 1.807) is 0 Å². The summed E-state index contributed by atoms with van der Waals surface area (Å²) in [7, 11) is 0. The van der Waals surface area contributed by atoms with Crippen LogP contribution in [0.1, 0.15) is 23.9 Å². The minimum Gasteiger partial charge on any atom is -0.486 e. The third-order valence-corrected chi connectivity index (χ3v) is 5.40. The van der Waals surface area contributed by atoms with Crippen molar-refractivity contribution in [1.82, 2.24) is 14.8 Å². The number of hydrogen-bond donors (Lipinski definition) is 1. The van der Waals surface area contributed by atoms with Gasteiger partial charge < -0.3 is 14.6 Å². The highest BCUT2D eigenvalue weighted by Gasteiger charge is 2.14. The molecule has 1 amide bonds. The van der Waals surface area contributed by atoms with Crippen LogP contribution in [0.2, 0.25) is 0 Å². The van der Waals surface area contributed by atoms with E-state index in [0.717, 1.165) is 28.4 Å². The minimum absolute atomic E-state index is 0.0635. The number of nitrogens with one attached hydrogen (secondary N) is 1. The lowest BCUT2D eigenvalue weighted by Gasteiger charge is -2.11. The lowest BCUT2D eigenvalue weighted by Crippen LogP contribution is -2.16. The molecule has 28 heavy (non-hydrogen) atoms. The second-order valence-corrected chi connectivity index (χ2v) is 7.27. The van der Waals surface area contributed by atoms with E-state index < -0.39 is 0 Å². The number of rotatable bonds is 8. The first kappa shape index (κ1) is 19.9. The Balaban J connectivity index is 1.59. The van der Waals surface area contributed by atoms with Crippen LogP contribution in [0.3, 0.4) is 0 Å². The van der Waals surface area contributed by atoms with Crippen LogP contribution in [0.25, 0.3) is 0 Å². The molecule has 146 valence electrons. The van der Waals surface area contributed by atoms with E-state index in [2.05, 4.69) is 15.5 Å². The van der Waals surface area contributed by atoms with Crippen molar-refractivity contribution in [2.24, 2.45) is 0 Å². The van der Waals surface area contributed by atoms with Gasteiger partial charge in [-0.25, -0.2) is 0 Å². The van der Waals surface area contributed by atoms with E-state index in [9.17, 15) is 4.79 Å². The van der Waals surface area contributed by atoms with Crippen molar-refractivity contribution in [3.8, 4) is 5.75 Å². The molecule has 1 aromatic heterocycles. The minimum atomic E-state index is -0.0635. The van der Waals surface area contributed by atoms with Crippen molar-refractivity contribution < 1.29 is 9.53 Å². The summed E-state index contributed by atoms with van der Waals surface area (Å²) in [5, 5.41) is 12.1. The normalized spacial score (nSPS) is 10.7. The first-order chi connectivity index (χ1) is 13.6. The third kappa shape index (κ3) is 4.92. The number of ether oxygens (including phenoxy) is 1. The molecule has 3 aromatic rings. The first-order valence-electron chi connectivity index (χ1n) is 9.17. The maximum Gasteiger partial charge on any atom is 0.234 e. The molecule has 0 aliphatic carbocycles. The highest BCUT2D eigenvalue weighted by Crippen LogP contribution is 2.21. The van der Waals surface area contributed by atoms with Crippen molar-refractivity contribution in [1.29, 1.82) is 0 Å². The summed E-state index contributed by atoms with van der Waals surface area (Å²) >= 11 is 1.37. The van der Waals surface area contributed by atoms with Crippen molar-refractivity contribution in [2.45, 2.75) is 39.1 Å². The van der Waals surface area contributed by atoms with Crippen molar-refractivity contribution >= 4 is 23.4 Å². The van der Waals surface area contributed by atoms with Gasteiger partial charge >= 0.3 is 0 Å². The number of aromatic nitrogens is 3. The lowest BCUT2D eigenvalue weighted by molar-refractivity contribution is -0.113. The van der Waals surface area contributed by atoms with Gasteiger partial charge in [-0.15, -0.1) is 10.2 Å². The standard InChI is InChI=1S/C21H24N4O2S/c1-4-25-19(13-27-17-10-6-5-7-11-17)23-24-21(25)28-14-20(26)22-18-12-8-9-15(2)16(18)3/h5-12H,4,13-14H2,1-3H3,(H,22,26). The molecule has 0 atom stereocenters. The van der Waals surface area contributed by atoms with Gasteiger partial charge in [0.15, 0.2) is 11.0 Å². The van der Waals surface area contributed by atoms with Crippen LogP contribution in [-0.4, -0.2) is 26.4 Å². The number of hydrogen-bond acceptors (Lipinski definition) is 5. The van der Waals surface area contributed by atoms with Crippen LogP contribution in [0.15, 0.2) is 53.7 Å². The molecule has 0 fully saturated rings. The summed E-state index contributed by atoms with van der Waals surface area (Å²) in [6, 6.07) is 15.5. The number of para-hydroxylation sites is 1. The Hall–Kier alpha value is -2.80.